The van der Waals surface area contributed by atoms with Crippen LogP contribution in [0.15, 0.2) is 42.6 Å². The summed E-state index contributed by atoms with van der Waals surface area (Å²) in [5, 5.41) is 17.7. The van der Waals surface area contributed by atoms with E-state index < -0.39 is 5.97 Å². The second kappa shape index (κ2) is 4.70. The highest BCUT2D eigenvalue weighted by Gasteiger charge is 2.14. The van der Waals surface area contributed by atoms with Crippen LogP contribution in [0, 0.1) is 0 Å². The molecule has 5 nitrogen and oxygen atoms in total. The first-order valence-electron chi connectivity index (χ1n) is 6.04. The molecule has 3 aromatic rings. The van der Waals surface area contributed by atoms with Crippen molar-refractivity contribution in [2.75, 3.05) is 7.11 Å². The number of carboxylic acids is 1. The van der Waals surface area contributed by atoms with Crippen molar-refractivity contribution in [3.8, 4) is 17.0 Å². The van der Waals surface area contributed by atoms with E-state index in [2.05, 4.69) is 10.2 Å². The molecule has 0 aliphatic heterocycles. The van der Waals surface area contributed by atoms with Gasteiger partial charge in [-0.3, -0.25) is 5.10 Å². The lowest BCUT2D eigenvalue weighted by Crippen LogP contribution is -1.96. The Kier molecular flexibility index (Phi) is 2.87. The zero-order valence-corrected chi connectivity index (χ0v) is 10.8. The summed E-state index contributed by atoms with van der Waals surface area (Å²) < 4.78 is 5.18. The number of benzene rings is 2. The van der Waals surface area contributed by atoms with Crippen molar-refractivity contribution in [3.05, 3.63) is 48.2 Å². The van der Waals surface area contributed by atoms with Gasteiger partial charge in [-0.25, -0.2) is 4.79 Å². The molecule has 0 saturated heterocycles. The molecule has 2 N–H and O–H groups in total. The summed E-state index contributed by atoms with van der Waals surface area (Å²) in [5.74, 6) is -0.207. The van der Waals surface area contributed by atoms with Crippen LogP contribution in [0.4, 0.5) is 0 Å². The van der Waals surface area contributed by atoms with Crippen LogP contribution in [0.25, 0.3) is 22.0 Å². The Hall–Kier alpha value is -2.82. The van der Waals surface area contributed by atoms with Crippen LogP contribution >= 0.6 is 0 Å². The quantitative estimate of drug-likeness (QED) is 0.765. The van der Waals surface area contributed by atoms with Gasteiger partial charge < -0.3 is 9.84 Å². The Morgan fingerprint density at radius 2 is 1.95 bits per heavy atom. The van der Waals surface area contributed by atoms with Crippen LogP contribution in [-0.4, -0.2) is 28.4 Å². The molecular weight excluding hydrogens is 256 g/mol. The fourth-order valence-corrected chi connectivity index (χ4v) is 2.17. The molecule has 1 aromatic heterocycles. The summed E-state index contributed by atoms with van der Waals surface area (Å²) in [5.41, 5.74) is 1.46. The third-order valence-electron chi connectivity index (χ3n) is 3.21. The van der Waals surface area contributed by atoms with Crippen molar-refractivity contribution >= 4 is 16.7 Å². The first-order valence-corrected chi connectivity index (χ1v) is 6.04. The van der Waals surface area contributed by atoms with Gasteiger partial charge in [-0.2, -0.15) is 5.10 Å². The van der Waals surface area contributed by atoms with Crippen molar-refractivity contribution in [2.24, 2.45) is 0 Å². The van der Waals surface area contributed by atoms with Gasteiger partial charge in [0.2, 0.25) is 0 Å². The molecule has 0 bridgehead atoms. The minimum atomic E-state index is -0.997. The van der Waals surface area contributed by atoms with Gasteiger partial charge in [0.25, 0.3) is 0 Å². The van der Waals surface area contributed by atoms with E-state index in [0.717, 1.165) is 22.1 Å². The highest BCUT2D eigenvalue weighted by atomic mass is 16.5. The Bertz CT molecular complexity index is 793. The van der Waals surface area contributed by atoms with Gasteiger partial charge in [0.1, 0.15) is 11.3 Å². The fourth-order valence-electron chi connectivity index (χ4n) is 2.17. The normalized spacial score (nSPS) is 10.7. The molecule has 0 atom stereocenters. The highest BCUT2D eigenvalue weighted by Crippen LogP contribution is 2.27. The van der Waals surface area contributed by atoms with Crippen molar-refractivity contribution in [2.45, 2.75) is 0 Å². The lowest BCUT2D eigenvalue weighted by atomic mass is 10.0. The van der Waals surface area contributed by atoms with Crippen molar-refractivity contribution < 1.29 is 14.6 Å². The first kappa shape index (κ1) is 12.2. The van der Waals surface area contributed by atoms with Crippen LogP contribution in [0.2, 0.25) is 0 Å². The molecule has 5 heteroatoms. The van der Waals surface area contributed by atoms with Gasteiger partial charge in [-0.1, -0.05) is 18.2 Å². The number of fused-ring (bicyclic) bond motifs is 1. The van der Waals surface area contributed by atoms with E-state index in [1.54, 1.807) is 7.11 Å². The molecule has 0 saturated carbocycles. The molecule has 3 rings (SSSR count). The number of methoxy groups -OCH3 is 1. The predicted molar refractivity (Wildman–Crippen MR) is 75.0 cm³/mol. The highest BCUT2D eigenvalue weighted by molar-refractivity contribution is 5.96. The number of nitrogens with one attached hydrogen (secondary N) is 1. The average Bonchev–Trinajstić information content (AvgIpc) is 2.95. The molecule has 0 unspecified atom stereocenters. The topological polar surface area (TPSA) is 75.2 Å². The van der Waals surface area contributed by atoms with E-state index in [1.807, 2.05) is 36.4 Å². The molecule has 1 heterocycles. The summed E-state index contributed by atoms with van der Waals surface area (Å²) in [6, 6.07) is 11.5. The third kappa shape index (κ3) is 1.99. The second-order valence-electron chi connectivity index (χ2n) is 4.39. The van der Waals surface area contributed by atoms with Gasteiger partial charge in [0.15, 0.2) is 0 Å². The molecule has 0 radical (unpaired) electrons. The number of ether oxygens (including phenoxy) is 1. The van der Waals surface area contributed by atoms with Crippen LogP contribution in [-0.2, 0) is 0 Å². The summed E-state index contributed by atoms with van der Waals surface area (Å²) in [4.78, 5) is 11.1. The number of hydrogen-bond donors (Lipinski definition) is 2. The molecule has 20 heavy (non-hydrogen) atoms. The number of rotatable bonds is 3. The fraction of sp³-hybridized carbons (Fsp3) is 0.0667. The Balaban J connectivity index is 2.13. The van der Waals surface area contributed by atoms with Gasteiger partial charge in [-0.05, 0) is 29.0 Å². The maximum atomic E-state index is 11.1. The Morgan fingerprint density at radius 3 is 2.70 bits per heavy atom. The molecule has 0 amide bonds. The molecule has 0 aliphatic carbocycles. The third-order valence-corrected chi connectivity index (χ3v) is 3.21. The van der Waals surface area contributed by atoms with E-state index in [1.165, 1.54) is 6.20 Å². The van der Waals surface area contributed by atoms with Gasteiger partial charge in [0.05, 0.1) is 19.0 Å². The largest absolute Gasteiger partial charge is 0.497 e. The SMILES string of the molecule is COc1ccc2cc(-c3[nH]ncc3C(=O)O)ccc2c1. The van der Waals surface area contributed by atoms with E-state index in [9.17, 15) is 4.79 Å². The number of aromatic nitrogens is 2. The van der Waals surface area contributed by atoms with Crippen LogP contribution in [0.3, 0.4) is 0 Å². The van der Waals surface area contributed by atoms with Gasteiger partial charge >= 0.3 is 5.97 Å². The Labute approximate surface area is 114 Å². The van der Waals surface area contributed by atoms with E-state index in [0.29, 0.717) is 5.69 Å². The minimum Gasteiger partial charge on any atom is -0.497 e. The zero-order chi connectivity index (χ0) is 14.1. The maximum Gasteiger partial charge on any atom is 0.339 e. The number of carbonyl (C=O) groups is 1. The lowest BCUT2D eigenvalue weighted by molar-refractivity contribution is 0.0698. The molecule has 0 fully saturated rings. The van der Waals surface area contributed by atoms with Crippen LogP contribution < -0.4 is 4.74 Å². The number of H-pyrrole nitrogens is 1. The lowest BCUT2D eigenvalue weighted by Gasteiger charge is -2.05. The molecule has 0 spiro atoms. The predicted octanol–water partition coefficient (Wildman–Crippen LogP) is 2.94. The van der Waals surface area contributed by atoms with Gasteiger partial charge in [-0.15, -0.1) is 0 Å². The molecule has 2 aromatic carbocycles. The molecule has 0 aliphatic rings. The standard InChI is InChI=1S/C15H12N2O3/c1-20-12-5-4-9-6-11(3-2-10(9)7-12)14-13(15(18)19)8-16-17-14/h2-8H,1H3,(H,16,17)(H,18,19). The van der Waals surface area contributed by atoms with E-state index >= 15 is 0 Å². The van der Waals surface area contributed by atoms with E-state index in [4.69, 9.17) is 9.84 Å². The van der Waals surface area contributed by atoms with Crippen LogP contribution in [0.1, 0.15) is 10.4 Å². The van der Waals surface area contributed by atoms with Crippen molar-refractivity contribution in [1.82, 2.24) is 10.2 Å². The number of hydrogen-bond acceptors (Lipinski definition) is 3. The van der Waals surface area contributed by atoms with Crippen molar-refractivity contribution in [3.63, 3.8) is 0 Å². The van der Waals surface area contributed by atoms with Gasteiger partial charge in [0, 0.05) is 5.56 Å². The van der Waals surface area contributed by atoms with E-state index in [-0.39, 0.29) is 5.56 Å². The number of carboxylic acid groups (broad SMARTS) is 1. The Morgan fingerprint density at radius 1 is 1.20 bits per heavy atom. The first-order chi connectivity index (χ1) is 9.69. The maximum absolute atomic E-state index is 11.1. The minimum absolute atomic E-state index is 0.165. The summed E-state index contributed by atoms with van der Waals surface area (Å²) in [6.07, 6.45) is 1.32. The van der Waals surface area contributed by atoms with Crippen molar-refractivity contribution in [1.29, 1.82) is 0 Å². The molecular formula is C15H12N2O3. The number of aromatic carboxylic acids is 1. The molecule has 100 valence electrons. The monoisotopic (exact) mass is 268 g/mol. The summed E-state index contributed by atoms with van der Waals surface area (Å²) in [7, 11) is 1.62. The average molecular weight is 268 g/mol. The summed E-state index contributed by atoms with van der Waals surface area (Å²) >= 11 is 0. The number of nitrogens with zero attached hydrogens (tertiary/aromatic N) is 1. The van der Waals surface area contributed by atoms with Crippen LogP contribution in [0.5, 0.6) is 5.75 Å². The second-order valence-corrected chi connectivity index (χ2v) is 4.39. The number of aromatic amines is 1. The smallest absolute Gasteiger partial charge is 0.339 e. The zero-order valence-electron chi connectivity index (χ0n) is 10.8. The summed E-state index contributed by atoms with van der Waals surface area (Å²) in [6.45, 7) is 0.